The Morgan fingerprint density at radius 1 is 1.13 bits per heavy atom. The largest absolute Gasteiger partial charge is 0.465 e. The quantitative estimate of drug-likeness (QED) is 0.571. The van der Waals surface area contributed by atoms with Crippen LogP contribution in [0.3, 0.4) is 0 Å². The van der Waals surface area contributed by atoms with Crippen molar-refractivity contribution in [3.05, 3.63) is 0 Å². The molecule has 1 saturated carbocycles. The summed E-state index contributed by atoms with van der Waals surface area (Å²) in [4.78, 5) is 24.6. The Hall–Kier alpha value is -1.18. The Kier molecular flexibility index (Phi) is 5.65. The van der Waals surface area contributed by atoms with Gasteiger partial charge in [0.25, 0.3) is 0 Å². The average Bonchev–Trinajstić information content (AvgIpc) is 2.94. The molecular formula is C16H26O7. The van der Waals surface area contributed by atoms with Crippen molar-refractivity contribution in [2.75, 3.05) is 19.8 Å². The van der Waals surface area contributed by atoms with Gasteiger partial charge in [-0.15, -0.1) is 0 Å². The number of aliphatic hydroxyl groups excluding tert-OH is 1. The Bertz CT molecular complexity index is 430. The minimum absolute atomic E-state index is 0.0878. The minimum Gasteiger partial charge on any atom is -0.465 e. The van der Waals surface area contributed by atoms with Gasteiger partial charge in [0.05, 0.1) is 25.4 Å². The van der Waals surface area contributed by atoms with Crippen molar-refractivity contribution >= 4 is 11.9 Å². The number of carbonyl (C=O) groups excluding carboxylic acids is 2. The predicted octanol–water partition coefficient (Wildman–Crippen LogP) is 0.877. The molecule has 0 bridgehead atoms. The molecule has 1 aliphatic carbocycles. The smallest absolute Gasteiger partial charge is 0.320 e. The van der Waals surface area contributed by atoms with E-state index in [9.17, 15) is 14.7 Å². The summed E-state index contributed by atoms with van der Waals surface area (Å²) in [5.74, 6) is -3.70. The van der Waals surface area contributed by atoms with Crippen LogP contribution in [-0.2, 0) is 28.5 Å². The van der Waals surface area contributed by atoms with Crippen molar-refractivity contribution in [2.45, 2.75) is 52.1 Å². The number of rotatable bonds is 6. The zero-order valence-corrected chi connectivity index (χ0v) is 14.1. The number of ether oxygens (including phenoxy) is 4. The molecule has 0 unspecified atom stereocenters. The van der Waals surface area contributed by atoms with Crippen LogP contribution in [0.25, 0.3) is 0 Å². The van der Waals surface area contributed by atoms with Crippen LogP contribution in [0.4, 0.5) is 0 Å². The fourth-order valence-electron chi connectivity index (χ4n) is 3.54. The average molecular weight is 330 g/mol. The van der Waals surface area contributed by atoms with Gasteiger partial charge in [-0.2, -0.15) is 0 Å². The molecule has 1 N–H and O–H groups in total. The highest BCUT2D eigenvalue weighted by molar-refractivity contribution is 5.95. The maximum absolute atomic E-state index is 12.3. The fourth-order valence-corrected chi connectivity index (χ4v) is 3.54. The van der Waals surface area contributed by atoms with Crippen LogP contribution in [0.1, 0.15) is 34.1 Å². The molecule has 7 nitrogen and oxygen atoms in total. The third-order valence-corrected chi connectivity index (χ3v) is 4.37. The van der Waals surface area contributed by atoms with Crippen molar-refractivity contribution in [3.8, 4) is 0 Å². The number of esters is 2. The third kappa shape index (κ3) is 3.67. The normalized spacial score (nSPS) is 31.9. The Morgan fingerprint density at radius 2 is 1.65 bits per heavy atom. The summed E-state index contributed by atoms with van der Waals surface area (Å²) >= 11 is 0. The second-order valence-electron chi connectivity index (χ2n) is 6.39. The molecule has 1 aliphatic heterocycles. The molecule has 0 aromatic heterocycles. The monoisotopic (exact) mass is 330 g/mol. The van der Waals surface area contributed by atoms with Crippen LogP contribution in [-0.4, -0.2) is 54.9 Å². The molecule has 132 valence electrons. The summed E-state index contributed by atoms with van der Waals surface area (Å²) < 4.78 is 21.9. The molecule has 7 heteroatoms. The maximum Gasteiger partial charge on any atom is 0.320 e. The molecule has 23 heavy (non-hydrogen) atoms. The summed E-state index contributed by atoms with van der Waals surface area (Å²) in [5.41, 5.74) is 0. The van der Waals surface area contributed by atoms with Gasteiger partial charge in [-0.05, 0) is 34.1 Å². The SMILES string of the molecule is CCOC(=O)C(C(=O)OCC)[C@@H]1C[C@H](CO)[C@H]2OC(C)(C)O[C@H]21. The van der Waals surface area contributed by atoms with E-state index in [0.717, 1.165) is 0 Å². The third-order valence-electron chi connectivity index (χ3n) is 4.37. The molecule has 0 aromatic rings. The Balaban J connectivity index is 2.26. The van der Waals surface area contributed by atoms with E-state index in [1.807, 2.05) is 0 Å². The van der Waals surface area contributed by atoms with Gasteiger partial charge in [-0.25, -0.2) is 0 Å². The fraction of sp³-hybridized carbons (Fsp3) is 0.875. The van der Waals surface area contributed by atoms with Gasteiger partial charge >= 0.3 is 11.9 Å². The van der Waals surface area contributed by atoms with Gasteiger partial charge in [0, 0.05) is 18.4 Å². The van der Waals surface area contributed by atoms with Gasteiger partial charge in [-0.1, -0.05) is 0 Å². The highest BCUT2D eigenvalue weighted by Crippen LogP contribution is 2.47. The van der Waals surface area contributed by atoms with Crippen LogP contribution in [0.2, 0.25) is 0 Å². The molecule has 1 heterocycles. The van der Waals surface area contributed by atoms with Gasteiger partial charge in [0.2, 0.25) is 0 Å². The Morgan fingerprint density at radius 3 is 2.13 bits per heavy atom. The van der Waals surface area contributed by atoms with E-state index in [-0.39, 0.29) is 31.8 Å². The first kappa shape index (κ1) is 18.2. The highest BCUT2D eigenvalue weighted by atomic mass is 16.8. The van der Waals surface area contributed by atoms with Gasteiger partial charge < -0.3 is 24.1 Å². The van der Waals surface area contributed by atoms with Crippen LogP contribution in [0.5, 0.6) is 0 Å². The first-order chi connectivity index (χ1) is 10.8. The van der Waals surface area contributed by atoms with Crippen molar-refractivity contribution in [1.82, 2.24) is 0 Å². The molecule has 2 rings (SSSR count). The predicted molar refractivity (Wildman–Crippen MR) is 79.3 cm³/mol. The molecule has 0 amide bonds. The lowest BCUT2D eigenvalue weighted by Gasteiger charge is -2.26. The van der Waals surface area contributed by atoms with E-state index in [2.05, 4.69) is 0 Å². The molecule has 1 saturated heterocycles. The zero-order chi connectivity index (χ0) is 17.2. The summed E-state index contributed by atoms with van der Waals surface area (Å²) in [6.07, 6.45) is -0.336. The lowest BCUT2D eigenvalue weighted by Crippen LogP contribution is -2.40. The standard InChI is InChI=1S/C16H26O7/c1-5-20-14(18)11(15(19)21-6-2)10-7-9(8-17)12-13(10)23-16(3,4)22-12/h9-13,17H,5-8H2,1-4H3/t9-,10+,12-,13+/m1/s1. The number of hydrogen-bond acceptors (Lipinski definition) is 7. The summed E-state index contributed by atoms with van der Waals surface area (Å²) in [5, 5.41) is 9.60. The van der Waals surface area contributed by atoms with Crippen LogP contribution in [0, 0.1) is 17.8 Å². The van der Waals surface area contributed by atoms with Crippen molar-refractivity contribution in [1.29, 1.82) is 0 Å². The molecule has 2 fully saturated rings. The second-order valence-corrected chi connectivity index (χ2v) is 6.39. The first-order valence-electron chi connectivity index (χ1n) is 8.14. The van der Waals surface area contributed by atoms with Crippen LogP contribution >= 0.6 is 0 Å². The van der Waals surface area contributed by atoms with Gasteiger partial charge in [-0.3, -0.25) is 9.59 Å². The number of aliphatic hydroxyl groups is 1. The lowest BCUT2D eigenvalue weighted by molar-refractivity contribution is -0.178. The first-order valence-corrected chi connectivity index (χ1v) is 8.14. The maximum atomic E-state index is 12.3. The van der Waals surface area contributed by atoms with E-state index in [1.165, 1.54) is 0 Å². The summed E-state index contributed by atoms with van der Waals surface area (Å²) in [7, 11) is 0. The zero-order valence-electron chi connectivity index (χ0n) is 14.1. The molecular weight excluding hydrogens is 304 g/mol. The van der Waals surface area contributed by atoms with E-state index in [0.29, 0.717) is 6.42 Å². The number of fused-ring (bicyclic) bond motifs is 1. The van der Waals surface area contributed by atoms with Crippen molar-refractivity contribution < 1.29 is 33.6 Å². The second kappa shape index (κ2) is 7.15. The van der Waals surface area contributed by atoms with E-state index < -0.39 is 35.7 Å². The van der Waals surface area contributed by atoms with E-state index >= 15 is 0 Å². The van der Waals surface area contributed by atoms with Crippen molar-refractivity contribution in [2.24, 2.45) is 17.8 Å². The van der Waals surface area contributed by atoms with Crippen LogP contribution in [0.15, 0.2) is 0 Å². The van der Waals surface area contributed by atoms with E-state index in [1.54, 1.807) is 27.7 Å². The number of hydrogen-bond donors (Lipinski definition) is 1. The summed E-state index contributed by atoms with van der Waals surface area (Å²) in [6.45, 7) is 7.21. The van der Waals surface area contributed by atoms with Gasteiger partial charge in [0.15, 0.2) is 11.7 Å². The lowest BCUT2D eigenvalue weighted by atomic mass is 9.88. The van der Waals surface area contributed by atoms with Crippen molar-refractivity contribution in [3.63, 3.8) is 0 Å². The topological polar surface area (TPSA) is 91.3 Å². The molecule has 4 atom stereocenters. The van der Waals surface area contributed by atoms with Gasteiger partial charge in [0.1, 0.15) is 0 Å². The highest BCUT2D eigenvalue weighted by Gasteiger charge is 2.58. The molecule has 0 spiro atoms. The minimum atomic E-state index is -1.06. The Labute approximate surface area is 136 Å². The number of carbonyl (C=O) groups is 2. The molecule has 0 aromatic carbocycles. The summed E-state index contributed by atoms with van der Waals surface area (Å²) in [6, 6.07) is 0. The molecule has 2 aliphatic rings. The molecule has 0 radical (unpaired) electrons. The van der Waals surface area contributed by atoms with Crippen LogP contribution < -0.4 is 0 Å². The van der Waals surface area contributed by atoms with E-state index in [4.69, 9.17) is 18.9 Å².